The molecule has 0 radical (unpaired) electrons. The monoisotopic (exact) mass is 256 g/mol. The maximum atomic E-state index is 5.31. The van der Waals surface area contributed by atoms with Crippen molar-refractivity contribution in [2.24, 2.45) is 11.3 Å². The van der Waals surface area contributed by atoms with Crippen LogP contribution in [0.1, 0.15) is 40.5 Å². The molecule has 0 saturated carbocycles. The summed E-state index contributed by atoms with van der Waals surface area (Å²) in [5.41, 5.74) is 0.324. The summed E-state index contributed by atoms with van der Waals surface area (Å²) in [6.45, 7) is 14.8. The van der Waals surface area contributed by atoms with Crippen LogP contribution in [0.15, 0.2) is 0 Å². The van der Waals surface area contributed by atoms with E-state index in [9.17, 15) is 0 Å². The second-order valence-corrected chi connectivity index (χ2v) is 6.47. The molecule has 108 valence electrons. The third-order valence-corrected chi connectivity index (χ3v) is 4.32. The molecule has 1 aliphatic heterocycles. The minimum absolute atomic E-state index is 0.324. The van der Waals surface area contributed by atoms with E-state index < -0.39 is 0 Å². The molecule has 2 unspecified atom stereocenters. The Hall–Kier alpha value is -0.120. The first-order valence-electron chi connectivity index (χ1n) is 7.44. The van der Waals surface area contributed by atoms with Crippen molar-refractivity contribution >= 4 is 0 Å². The van der Waals surface area contributed by atoms with Gasteiger partial charge in [0.15, 0.2) is 0 Å². The van der Waals surface area contributed by atoms with Gasteiger partial charge in [-0.05, 0) is 44.2 Å². The smallest absolute Gasteiger partial charge is 0.0502 e. The normalized spacial score (nSPS) is 24.2. The molecule has 1 saturated heterocycles. The maximum absolute atomic E-state index is 5.31. The summed E-state index contributed by atoms with van der Waals surface area (Å²) in [5.74, 6) is 0.731. The van der Waals surface area contributed by atoms with Gasteiger partial charge in [-0.1, -0.05) is 20.8 Å². The first-order valence-corrected chi connectivity index (χ1v) is 7.44. The number of likely N-dealkylation sites (tertiary alicyclic amines) is 1. The number of nitrogens with zero attached hydrogens (tertiary/aromatic N) is 1. The van der Waals surface area contributed by atoms with Crippen LogP contribution >= 0.6 is 0 Å². The highest BCUT2D eigenvalue weighted by Gasteiger charge is 2.30. The second kappa shape index (κ2) is 7.46. The van der Waals surface area contributed by atoms with E-state index in [1.54, 1.807) is 0 Å². The molecule has 3 nitrogen and oxygen atoms in total. The van der Waals surface area contributed by atoms with Crippen molar-refractivity contribution in [3.8, 4) is 0 Å². The fraction of sp³-hybridized carbons (Fsp3) is 1.00. The van der Waals surface area contributed by atoms with E-state index in [1.807, 2.05) is 7.11 Å². The van der Waals surface area contributed by atoms with Gasteiger partial charge >= 0.3 is 0 Å². The Labute approximate surface area is 113 Å². The van der Waals surface area contributed by atoms with E-state index in [2.05, 4.69) is 37.9 Å². The molecule has 1 fully saturated rings. The molecule has 0 bridgehead atoms. The molecule has 1 aliphatic rings. The molecule has 1 N–H and O–H groups in total. The van der Waals surface area contributed by atoms with Crippen LogP contribution in [0, 0.1) is 11.3 Å². The van der Waals surface area contributed by atoms with Crippen molar-refractivity contribution in [1.29, 1.82) is 0 Å². The molecule has 2 atom stereocenters. The number of ether oxygens (including phenoxy) is 1. The van der Waals surface area contributed by atoms with E-state index >= 15 is 0 Å². The summed E-state index contributed by atoms with van der Waals surface area (Å²) in [5, 5.41) is 3.56. The largest absolute Gasteiger partial charge is 0.384 e. The maximum Gasteiger partial charge on any atom is 0.0502 e. The fourth-order valence-corrected chi connectivity index (χ4v) is 2.96. The number of nitrogens with one attached hydrogen (secondary N) is 1. The highest BCUT2D eigenvalue weighted by molar-refractivity contribution is 4.85. The van der Waals surface area contributed by atoms with Gasteiger partial charge < -0.3 is 15.0 Å². The van der Waals surface area contributed by atoms with Crippen LogP contribution in [-0.4, -0.2) is 50.8 Å². The van der Waals surface area contributed by atoms with Crippen LogP contribution in [0.5, 0.6) is 0 Å². The standard InChI is InChI=1S/C15H32N2O/c1-6-16-13(2)15(3,4)12-17-9-7-8-14(10-17)11-18-5/h13-14,16H,6-12H2,1-5H3. The van der Waals surface area contributed by atoms with E-state index in [0.29, 0.717) is 11.5 Å². The number of rotatable bonds is 7. The quantitative estimate of drug-likeness (QED) is 0.757. The number of hydrogen-bond donors (Lipinski definition) is 1. The van der Waals surface area contributed by atoms with Gasteiger partial charge in [0.1, 0.15) is 0 Å². The van der Waals surface area contributed by atoms with Gasteiger partial charge in [0.05, 0.1) is 6.61 Å². The van der Waals surface area contributed by atoms with Gasteiger partial charge in [-0.25, -0.2) is 0 Å². The van der Waals surface area contributed by atoms with Crippen molar-refractivity contribution in [2.75, 3.05) is 39.9 Å². The molecule has 0 aromatic heterocycles. The zero-order valence-corrected chi connectivity index (χ0v) is 13.0. The molecule has 1 rings (SSSR count). The van der Waals surface area contributed by atoms with Gasteiger partial charge in [-0.3, -0.25) is 0 Å². The van der Waals surface area contributed by atoms with Crippen molar-refractivity contribution < 1.29 is 4.74 Å². The summed E-state index contributed by atoms with van der Waals surface area (Å²) >= 11 is 0. The van der Waals surface area contributed by atoms with Crippen molar-refractivity contribution in [2.45, 2.75) is 46.6 Å². The van der Waals surface area contributed by atoms with Gasteiger partial charge in [-0.15, -0.1) is 0 Å². The SMILES string of the molecule is CCNC(C)C(C)(C)CN1CCCC(COC)C1. The van der Waals surface area contributed by atoms with Crippen LogP contribution in [0.4, 0.5) is 0 Å². The lowest BCUT2D eigenvalue weighted by atomic mass is 9.83. The fourth-order valence-electron chi connectivity index (χ4n) is 2.96. The molecule has 0 aromatic rings. The highest BCUT2D eigenvalue weighted by Crippen LogP contribution is 2.25. The minimum Gasteiger partial charge on any atom is -0.384 e. The van der Waals surface area contributed by atoms with Gasteiger partial charge in [0.2, 0.25) is 0 Å². The molecular weight excluding hydrogens is 224 g/mol. The zero-order chi connectivity index (χ0) is 13.6. The molecule has 3 heteroatoms. The summed E-state index contributed by atoms with van der Waals surface area (Å²) in [6, 6.07) is 0.560. The molecule has 0 spiro atoms. The Bertz CT molecular complexity index is 229. The van der Waals surface area contributed by atoms with Gasteiger partial charge in [0.25, 0.3) is 0 Å². The average Bonchev–Trinajstić information content (AvgIpc) is 2.29. The Morgan fingerprint density at radius 3 is 2.78 bits per heavy atom. The lowest BCUT2D eigenvalue weighted by Crippen LogP contribution is -2.49. The first-order chi connectivity index (χ1) is 8.49. The zero-order valence-electron chi connectivity index (χ0n) is 13.0. The Kier molecular flexibility index (Phi) is 6.61. The van der Waals surface area contributed by atoms with Crippen LogP contribution < -0.4 is 5.32 Å². The lowest BCUT2D eigenvalue weighted by molar-refractivity contribution is 0.0623. The Balaban J connectivity index is 2.44. The van der Waals surface area contributed by atoms with Gasteiger partial charge in [-0.2, -0.15) is 0 Å². The number of piperidine rings is 1. The third kappa shape index (κ3) is 4.87. The predicted molar refractivity (Wildman–Crippen MR) is 78.0 cm³/mol. The topological polar surface area (TPSA) is 24.5 Å². The van der Waals surface area contributed by atoms with Gasteiger partial charge in [0, 0.05) is 26.2 Å². The van der Waals surface area contributed by atoms with Crippen LogP contribution in [0.2, 0.25) is 0 Å². The Morgan fingerprint density at radius 1 is 1.44 bits per heavy atom. The van der Waals surface area contributed by atoms with Crippen LogP contribution in [0.3, 0.4) is 0 Å². The number of hydrogen-bond acceptors (Lipinski definition) is 3. The van der Waals surface area contributed by atoms with E-state index in [1.165, 1.54) is 32.5 Å². The predicted octanol–water partition coefficient (Wildman–Crippen LogP) is 2.37. The molecule has 0 aliphatic carbocycles. The summed E-state index contributed by atoms with van der Waals surface area (Å²) in [7, 11) is 1.82. The number of methoxy groups -OCH3 is 1. The minimum atomic E-state index is 0.324. The van der Waals surface area contributed by atoms with Crippen molar-refractivity contribution in [1.82, 2.24) is 10.2 Å². The van der Waals surface area contributed by atoms with E-state index in [-0.39, 0.29) is 0 Å². The van der Waals surface area contributed by atoms with Crippen LogP contribution in [-0.2, 0) is 4.74 Å². The summed E-state index contributed by atoms with van der Waals surface area (Å²) < 4.78 is 5.31. The molecular formula is C15H32N2O. The second-order valence-electron chi connectivity index (χ2n) is 6.47. The average molecular weight is 256 g/mol. The molecule has 0 aromatic carbocycles. The first kappa shape index (κ1) is 15.9. The highest BCUT2D eigenvalue weighted by atomic mass is 16.5. The van der Waals surface area contributed by atoms with E-state index in [0.717, 1.165) is 19.1 Å². The van der Waals surface area contributed by atoms with Crippen LogP contribution in [0.25, 0.3) is 0 Å². The molecule has 18 heavy (non-hydrogen) atoms. The third-order valence-electron chi connectivity index (χ3n) is 4.32. The van der Waals surface area contributed by atoms with Crippen molar-refractivity contribution in [3.63, 3.8) is 0 Å². The molecule has 0 amide bonds. The van der Waals surface area contributed by atoms with Crippen molar-refractivity contribution in [3.05, 3.63) is 0 Å². The Morgan fingerprint density at radius 2 is 2.17 bits per heavy atom. The summed E-state index contributed by atoms with van der Waals surface area (Å²) in [4.78, 5) is 2.63. The molecule has 1 heterocycles. The lowest BCUT2D eigenvalue weighted by Gasteiger charge is -2.40. The van der Waals surface area contributed by atoms with E-state index in [4.69, 9.17) is 4.74 Å². The summed E-state index contributed by atoms with van der Waals surface area (Å²) in [6.07, 6.45) is 2.65.